The summed E-state index contributed by atoms with van der Waals surface area (Å²) in [5.41, 5.74) is 4.79. The second kappa shape index (κ2) is 8.05. The van der Waals surface area contributed by atoms with E-state index in [1.165, 1.54) is 0 Å². The zero-order valence-corrected chi connectivity index (χ0v) is 15.8. The smallest absolute Gasteiger partial charge is 0.410 e. The van der Waals surface area contributed by atoms with E-state index in [4.69, 9.17) is 15.2 Å². The molecule has 1 aliphatic heterocycles. The number of alkyl carbamates (subject to hydrolysis) is 1. The lowest BCUT2D eigenvalue weighted by Gasteiger charge is -2.27. The molecule has 2 atom stereocenters. The van der Waals surface area contributed by atoms with Crippen LogP contribution in [0, 0.1) is 5.92 Å². The molecule has 0 unspecified atom stereocenters. The Morgan fingerprint density at radius 1 is 1.04 bits per heavy atom. The molecule has 7 heteroatoms. The highest BCUT2D eigenvalue weighted by molar-refractivity contribution is 5.69. The van der Waals surface area contributed by atoms with Crippen molar-refractivity contribution in [3.63, 3.8) is 0 Å². The fourth-order valence-electron chi connectivity index (χ4n) is 2.61. The van der Waals surface area contributed by atoms with E-state index in [1.807, 2.05) is 41.5 Å². The number of likely N-dealkylation sites (tertiary alicyclic amines) is 1. The molecule has 1 heterocycles. The molecule has 0 aromatic heterocycles. The van der Waals surface area contributed by atoms with E-state index < -0.39 is 17.3 Å². The van der Waals surface area contributed by atoms with Crippen LogP contribution < -0.4 is 11.1 Å². The third-order valence-corrected chi connectivity index (χ3v) is 3.71. The van der Waals surface area contributed by atoms with Crippen molar-refractivity contribution in [3.05, 3.63) is 0 Å². The molecule has 0 saturated carbocycles. The molecule has 0 aromatic rings. The number of nitrogens with zero attached hydrogens (tertiary/aromatic N) is 1. The molecular formula is C17H33N3O4. The van der Waals surface area contributed by atoms with Crippen LogP contribution in [0.4, 0.5) is 9.59 Å². The summed E-state index contributed by atoms with van der Waals surface area (Å²) >= 11 is 0. The second-order valence-electron chi connectivity index (χ2n) is 8.29. The Morgan fingerprint density at radius 2 is 1.58 bits per heavy atom. The topological polar surface area (TPSA) is 93.9 Å². The van der Waals surface area contributed by atoms with Gasteiger partial charge < -0.3 is 25.4 Å². The zero-order valence-electron chi connectivity index (χ0n) is 15.8. The van der Waals surface area contributed by atoms with Crippen LogP contribution in [0.2, 0.25) is 0 Å². The van der Waals surface area contributed by atoms with Gasteiger partial charge in [-0.05, 0) is 66.8 Å². The largest absolute Gasteiger partial charge is 0.444 e. The SMILES string of the molecule is CC(C)(C)OC(=O)N[C@@H]1CCN(C(=O)OC(C)(C)C)CC[C@@H]1CN. The number of nitrogens with one attached hydrogen (secondary N) is 1. The Morgan fingerprint density at radius 3 is 2.08 bits per heavy atom. The minimum atomic E-state index is -0.546. The van der Waals surface area contributed by atoms with Crippen molar-refractivity contribution in [3.8, 4) is 0 Å². The highest BCUT2D eigenvalue weighted by atomic mass is 16.6. The molecule has 0 aromatic carbocycles. The summed E-state index contributed by atoms with van der Waals surface area (Å²) in [6, 6.07) is -0.114. The van der Waals surface area contributed by atoms with Gasteiger partial charge in [-0.15, -0.1) is 0 Å². The first-order valence-electron chi connectivity index (χ1n) is 8.59. The Kier molecular flexibility index (Phi) is 6.89. The minimum Gasteiger partial charge on any atom is -0.444 e. The maximum atomic E-state index is 12.2. The van der Waals surface area contributed by atoms with E-state index in [0.717, 1.165) is 6.42 Å². The van der Waals surface area contributed by atoms with Crippen LogP contribution in [0.1, 0.15) is 54.4 Å². The van der Waals surface area contributed by atoms with Crippen LogP contribution in [-0.4, -0.2) is 54.0 Å². The highest BCUT2D eigenvalue weighted by Crippen LogP contribution is 2.20. The molecule has 24 heavy (non-hydrogen) atoms. The van der Waals surface area contributed by atoms with Crippen LogP contribution in [0.5, 0.6) is 0 Å². The van der Waals surface area contributed by atoms with Crippen LogP contribution in [0.3, 0.4) is 0 Å². The first-order valence-corrected chi connectivity index (χ1v) is 8.59. The van der Waals surface area contributed by atoms with Gasteiger partial charge in [-0.25, -0.2) is 9.59 Å². The lowest BCUT2D eigenvalue weighted by molar-refractivity contribution is 0.0255. The molecule has 0 bridgehead atoms. The Balaban J connectivity index is 2.66. The van der Waals surface area contributed by atoms with Gasteiger partial charge in [0.2, 0.25) is 0 Å². The zero-order chi connectivity index (χ0) is 18.5. The number of hydrogen-bond acceptors (Lipinski definition) is 5. The normalized spacial score (nSPS) is 22.5. The van der Waals surface area contributed by atoms with Crippen molar-refractivity contribution in [1.29, 1.82) is 0 Å². The van der Waals surface area contributed by atoms with Gasteiger partial charge in [0.1, 0.15) is 11.2 Å². The molecule has 0 radical (unpaired) electrons. The van der Waals surface area contributed by atoms with Gasteiger partial charge in [0, 0.05) is 19.1 Å². The summed E-state index contributed by atoms with van der Waals surface area (Å²) in [7, 11) is 0. The summed E-state index contributed by atoms with van der Waals surface area (Å²) in [5, 5.41) is 2.90. The van der Waals surface area contributed by atoms with Crippen LogP contribution in [-0.2, 0) is 9.47 Å². The van der Waals surface area contributed by atoms with Crippen molar-refractivity contribution in [1.82, 2.24) is 10.2 Å². The molecule has 0 aliphatic carbocycles. The van der Waals surface area contributed by atoms with Crippen LogP contribution in [0.25, 0.3) is 0 Å². The Labute approximate surface area is 145 Å². The van der Waals surface area contributed by atoms with Crippen molar-refractivity contribution < 1.29 is 19.1 Å². The summed E-state index contributed by atoms with van der Waals surface area (Å²) in [6.07, 6.45) is 0.573. The first-order chi connectivity index (χ1) is 10.9. The molecular weight excluding hydrogens is 310 g/mol. The lowest BCUT2D eigenvalue weighted by atomic mass is 9.95. The van der Waals surface area contributed by atoms with Crippen LogP contribution >= 0.6 is 0 Å². The molecule has 1 fully saturated rings. The summed E-state index contributed by atoms with van der Waals surface area (Å²) < 4.78 is 10.7. The third kappa shape index (κ3) is 7.38. The van der Waals surface area contributed by atoms with E-state index in [1.54, 1.807) is 4.90 Å². The van der Waals surface area contributed by atoms with Gasteiger partial charge >= 0.3 is 12.2 Å². The number of hydrogen-bond donors (Lipinski definition) is 2. The summed E-state index contributed by atoms with van der Waals surface area (Å²) in [5.74, 6) is 0.102. The standard InChI is InChI=1S/C17H33N3O4/c1-16(2,3)23-14(21)19-13-8-10-20(9-7-12(13)11-18)15(22)24-17(4,5)6/h12-13H,7-11,18H2,1-6H3,(H,19,21)/t12-,13-/m1/s1. The van der Waals surface area contributed by atoms with E-state index in [-0.39, 0.29) is 18.1 Å². The van der Waals surface area contributed by atoms with E-state index in [9.17, 15) is 9.59 Å². The average Bonchev–Trinajstić information content (AvgIpc) is 2.56. The fourth-order valence-corrected chi connectivity index (χ4v) is 2.61. The second-order valence-corrected chi connectivity index (χ2v) is 8.29. The lowest BCUT2D eigenvalue weighted by Crippen LogP contribution is -2.45. The third-order valence-electron chi connectivity index (χ3n) is 3.71. The van der Waals surface area contributed by atoms with E-state index in [2.05, 4.69) is 5.32 Å². The predicted molar refractivity (Wildman–Crippen MR) is 92.7 cm³/mol. The summed E-state index contributed by atoms with van der Waals surface area (Å²) in [6.45, 7) is 12.5. The van der Waals surface area contributed by atoms with Gasteiger partial charge in [-0.3, -0.25) is 0 Å². The number of ether oxygens (including phenoxy) is 2. The number of carbonyl (C=O) groups is 2. The maximum Gasteiger partial charge on any atom is 0.410 e. The van der Waals surface area contributed by atoms with Gasteiger partial charge in [0.25, 0.3) is 0 Å². The highest BCUT2D eigenvalue weighted by Gasteiger charge is 2.31. The molecule has 7 nitrogen and oxygen atoms in total. The van der Waals surface area contributed by atoms with Crippen molar-refractivity contribution in [2.45, 2.75) is 71.6 Å². The Hall–Kier alpha value is -1.50. The van der Waals surface area contributed by atoms with Gasteiger partial charge in [0.05, 0.1) is 0 Å². The number of nitrogens with two attached hydrogens (primary N) is 1. The number of carbonyl (C=O) groups excluding carboxylic acids is 2. The molecule has 1 rings (SSSR count). The Bertz CT molecular complexity index is 440. The molecule has 1 saturated heterocycles. The minimum absolute atomic E-state index is 0.102. The predicted octanol–water partition coefficient (Wildman–Crippen LogP) is 2.49. The first kappa shape index (κ1) is 20.5. The number of amides is 2. The van der Waals surface area contributed by atoms with Crippen molar-refractivity contribution in [2.75, 3.05) is 19.6 Å². The molecule has 140 valence electrons. The van der Waals surface area contributed by atoms with Crippen molar-refractivity contribution >= 4 is 12.2 Å². The molecule has 2 amide bonds. The van der Waals surface area contributed by atoms with Gasteiger partial charge in [-0.2, -0.15) is 0 Å². The van der Waals surface area contributed by atoms with Crippen molar-refractivity contribution in [2.24, 2.45) is 11.7 Å². The molecule has 0 spiro atoms. The van der Waals surface area contributed by atoms with Gasteiger partial charge in [-0.1, -0.05) is 0 Å². The maximum absolute atomic E-state index is 12.2. The van der Waals surface area contributed by atoms with E-state index in [0.29, 0.717) is 26.1 Å². The molecule has 3 N–H and O–H groups in total. The average molecular weight is 343 g/mol. The molecule has 1 aliphatic rings. The van der Waals surface area contributed by atoms with E-state index >= 15 is 0 Å². The number of rotatable bonds is 2. The summed E-state index contributed by atoms with van der Waals surface area (Å²) in [4.78, 5) is 25.9. The monoisotopic (exact) mass is 343 g/mol. The van der Waals surface area contributed by atoms with Crippen LogP contribution in [0.15, 0.2) is 0 Å². The quantitative estimate of drug-likeness (QED) is 0.803. The van der Waals surface area contributed by atoms with Gasteiger partial charge in [0.15, 0.2) is 0 Å². The fraction of sp³-hybridized carbons (Fsp3) is 0.882.